The van der Waals surface area contributed by atoms with Crippen molar-refractivity contribution in [1.29, 1.82) is 0 Å². The molecule has 0 aromatic heterocycles. The van der Waals surface area contributed by atoms with E-state index in [2.05, 4.69) is 0 Å². The van der Waals surface area contributed by atoms with E-state index in [0.717, 1.165) is 34.2 Å². The van der Waals surface area contributed by atoms with Gasteiger partial charge in [0.1, 0.15) is 5.57 Å². The number of rotatable bonds is 2. The van der Waals surface area contributed by atoms with Crippen LogP contribution in [0.4, 0.5) is 23.7 Å². The smallest absolute Gasteiger partial charge is 0.273 e. The van der Waals surface area contributed by atoms with Crippen LogP contribution in [-0.4, -0.2) is 17.8 Å². The minimum absolute atomic E-state index is 0.0164. The molecule has 1 fully saturated rings. The first-order valence-electron chi connectivity index (χ1n) is 8.24. The maximum absolute atomic E-state index is 12.9. The molecule has 1 saturated heterocycles. The van der Waals surface area contributed by atoms with Crippen molar-refractivity contribution in [3.63, 3.8) is 0 Å². The van der Waals surface area contributed by atoms with E-state index in [9.17, 15) is 27.6 Å². The lowest BCUT2D eigenvalue weighted by molar-refractivity contribution is -0.137. The van der Waals surface area contributed by atoms with E-state index in [1.807, 2.05) is 12.2 Å². The lowest BCUT2D eigenvalue weighted by Gasteiger charge is -2.26. The molecule has 0 atom stereocenters. The van der Waals surface area contributed by atoms with Crippen LogP contribution in [0.25, 0.3) is 6.08 Å². The van der Waals surface area contributed by atoms with Gasteiger partial charge in [-0.25, -0.2) is 9.69 Å². The molecule has 28 heavy (non-hydrogen) atoms. The molecule has 1 heterocycles. The Hall–Kier alpha value is -3.42. The standard InChI is InChI=1S/C20H15F3N2O3/c1-11-6-7-15(8-12(11)2)25-18(27)16(17(26)24-19(25)28)10-13-4-3-5-14(9-13)20(21,22)23/h3-10H,1-2H3,(H,24,26,28). The van der Waals surface area contributed by atoms with E-state index in [-0.39, 0.29) is 11.3 Å². The van der Waals surface area contributed by atoms with Crippen molar-refractivity contribution in [3.8, 4) is 0 Å². The van der Waals surface area contributed by atoms with Gasteiger partial charge in [0.05, 0.1) is 11.3 Å². The van der Waals surface area contributed by atoms with Gasteiger partial charge in [-0.15, -0.1) is 0 Å². The van der Waals surface area contributed by atoms with E-state index in [1.54, 1.807) is 25.1 Å². The first-order chi connectivity index (χ1) is 13.1. The minimum Gasteiger partial charge on any atom is -0.273 e. The number of barbiturate groups is 1. The zero-order valence-corrected chi connectivity index (χ0v) is 14.9. The molecule has 0 radical (unpaired) electrons. The van der Waals surface area contributed by atoms with Gasteiger partial charge in [0.15, 0.2) is 0 Å². The van der Waals surface area contributed by atoms with E-state index in [0.29, 0.717) is 0 Å². The van der Waals surface area contributed by atoms with Gasteiger partial charge in [-0.2, -0.15) is 13.2 Å². The molecule has 1 aliphatic heterocycles. The molecule has 0 bridgehead atoms. The number of carbonyl (C=O) groups excluding carboxylic acids is 3. The molecule has 144 valence electrons. The third-order valence-electron chi connectivity index (χ3n) is 4.38. The summed E-state index contributed by atoms with van der Waals surface area (Å²) in [6, 6.07) is 8.19. The van der Waals surface area contributed by atoms with E-state index >= 15 is 0 Å². The summed E-state index contributed by atoms with van der Waals surface area (Å²) in [6.45, 7) is 3.66. The van der Waals surface area contributed by atoms with Crippen LogP contribution in [0.1, 0.15) is 22.3 Å². The number of benzene rings is 2. The van der Waals surface area contributed by atoms with Gasteiger partial charge in [-0.1, -0.05) is 18.2 Å². The van der Waals surface area contributed by atoms with Gasteiger partial charge < -0.3 is 0 Å². The molecular formula is C20H15F3N2O3. The second kappa shape index (κ2) is 6.95. The minimum atomic E-state index is -4.56. The van der Waals surface area contributed by atoms with Crippen LogP contribution in [0.3, 0.4) is 0 Å². The SMILES string of the molecule is Cc1ccc(N2C(=O)NC(=O)C(=Cc3cccc(C(F)(F)F)c3)C2=O)cc1C. The Labute approximate surface area is 158 Å². The first-order valence-corrected chi connectivity index (χ1v) is 8.24. The number of hydrogen-bond donors (Lipinski definition) is 1. The molecule has 0 unspecified atom stereocenters. The van der Waals surface area contributed by atoms with Crippen LogP contribution in [0, 0.1) is 13.8 Å². The number of carbonyl (C=O) groups is 3. The average molecular weight is 388 g/mol. The number of imide groups is 2. The summed E-state index contributed by atoms with van der Waals surface area (Å²) in [5, 5.41) is 2.04. The Bertz CT molecular complexity index is 1030. The maximum atomic E-state index is 12.9. The molecule has 0 spiro atoms. The fourth-order valence-electron chi connectivity index (χ4n) is 2.73. The molecular weight excluding hydrogens is 373 g/mol. The highest BCUT2D eigenvalue weighted by Gasteiger charge is 2.37. The van der Waals surface area contributed by atoms with Gasteiger partial charge in [-0.3, -0.25) is 14.9 Å². The Morgan fingerprint density at radius 3 is 2.32 bits per heavy atom. The second-order valence-corrected chi connectivity index (χ2v) is 6.35. The fourth-order valence-corrected chi connectivity index (χ4v) is 2.73. The van der Waals surface area contributed by atoms with E-state index in [4.69, 9.17) is 0 Å². The number of halogens is 3. The van der Waals surface area contributed by atoms with Crippen LogP contribution >= 0.6 is 0 Å². The topological polar surface area (TPSA) is 66.5 Å². The largest absolute Gasteiger partial charge is 0.416 e. The van der Waals surface area contributed by atoms with Crippen molar-refractivity contribution >= 4 is 29.6 Å². The highest BCUT2D eigenvalue weighted by Crippen LogP contribution is 2.30. The molecule has 2 aromatic rings. The number of nitrogens with zero attached hydrogens (tertiary/aromatic N) is 1. The molecule has 8 heteroatoms. The highest BCUT2D eigenvalue weighted by molar-refractivity contribution is 6.39. The summed E-state index contributed by atoms with van der Waals surface area (Å²) < 4.78 is 38.7. The molecule has 3 rings (SSSR count). The van der Waals surface area contributed by atoms with Gasteiger partial charge in [0.25, 0.3) is 11.8 Å². The van der Waals surface area contributed by atoms with Gasteiger partial charge in [0.2, 0.25) is 0 Å². The quantitative estimate of drug-likeness (QED) is 0.625. The number of hydrogen-bond acceptors (Lipinski definition) is 3. The molecule has 1 aliphatic rings. The number of nitrogens with one attached hydrogen (secondary N) is 1. The predicted octanol–water partition coefficient (Wildman–Crippen LogP) is 3.99. The van der Waals surface area contributed by atoms with Crippen LogP contribution in [0.5, 0.6) is 0 Å². The number of urea groups is 1. The zero-order chi connectivity index (χ0) is 20.6. The zero-order valence-electron chi connectivity index (χ0n) is 14.9. The highest BCUT2D eigenvalue weighted by atomic mass is 19.4. The summed E-state index contributed by atoms with van der Waals surface area (Å²) in [5.74, 6) is -1.87. The van der Waals surface area contributed by atoms with Gasteiger partial charge in [0, 0.05) is 0 Å². The normalized spacial score (nSPS) is 16.5. The molecule has 5 nitrogen and oxygen atoms in total. The summed E-state index contributed by atoms with van der Waals surface area (Å²) >= 11 is 0. The molecule has 0 aliphatic carbocycles. The van der Waals surface area contributed by atoms with Crippen molar-refractivity contribution in [2.24, 2.45) is 0 Å². The van der Waals surface area contributed by atoms with Crippen molar-refractivity contribution in [3.05, 3.63) is 70.3 Å². The first kappa shape index (κ1) is 19.3. The second-order valence-electron chi connectivity index (χ2n) is 6.35. The fraction of sp³-hybridized carbons (Fsp3) is 0.150. The lowest BCUT2D eigenvalue weighted by Crippen LogP contribution is -2.54. The Balaban J connectivity index is 2.03. The molecule has 1 N–H and O–H groups in total. The third kappa shape index (κ3) is 3.66. The van der Waals surface area contributed by atoms with E-state index < -0.39 is 35.2 Å². The van der Waals surface area contributed by atoms with Crippen LogP contribution in [0.15, 0.2) is 48.0 Å². The van der Waals surface area contributed by atoms with Crippen molar-refractivity contribution in [2.45, 2.75) is 20.0 Å². The van der Waals surface area contributed by atoms with Crippen molar-refractivity contribution < 1.29 is 27.6 Å². The summed E-state index contributed by atoms with van der Waals surface area (Å²) in [7, 11) is 0. The summed E-state index contributed by atoms with van der Waals surface area (Å²) in [6.07, 6.45) is -3.53. The maximum Gasteiger partial charge on any atom is 0.416 e. The third-order valence-corrected chi connectivity index (χ3v) is 4.38. The number of alkyl halides is 3. The summed E-state index contributed by atoms with van der Waals surface area (Å²) in [5.41, 5.74) is 0.711. The number of aryl methyl sites for hydroxylation is 2. The van der Waals surface area contributed by atoms with Gasteiger partial charge >= 0.3 is 12.2 Å². The molecule has 0 saturated carbocycles. The number of anilines is 1. The van der Waals surface area contributed by atoms with Gasteiger partial charge in [-0.05, 0) is 60.9 Å². The van der Waals surface area contributed by atoms with Crippen molar-refractivity contribution in [2.75, 3.05) is 4.90 Å². The summed E-state index contributed by atoms with van der Waals surface area (Å²) in [4.78, 5) is 37.9. The Morgan fingerprint density at radius 1 is 0.964 bits per heavy atom. The average Bonchev–Trinajstić information content (AvgIpc) is 2.61. The van der Waals surface area contributed by atoms with Crippen LogP contribution in [0.2, 0.25) is 0 Å². The van der Waals surface area contributed by atoms with Crippen LogP contribution in [-0.2, 0) is 15.8 Å². The molecule has 4 amide bonds. The predicted molar refractivity (Wildman–Crippen MR) is 96.4 cm³/mol. The monoisotopic (exact) mass is 388 g/mol. The Kier molecular flexibility index (Phi) is 4.80. The lowest BCUT2D eigenvalue weighted by atomic mass is 10.0. The van der Waals surface area contributed by atoms with E-state index in [1.165, 1.54) is 12.1 Å². The Morgan fingerprint density at radius 2 is 1.68 bits per heavy atom. The molecule has 2 aromatic carbocycles. The van der Waals surface area contributed by atoms with Crippen molar-refractivity contribution in [1.82, 2.24) is 5.32 Å². The van der Waals surface area contributed by atoms with Crippen LogP contribution < -0.4 is 10.2 Å². The number of amides is 4.